The predicted octanol–water partition coefficient (Wildman–Crippen LogP) is 3.25. The van der Waals surface area contributed by atoms with Crippen LogP contribution in [-0.4, -0.2) is 55.4 Å². The Morgan fingerprint density at radius 2 is 1.78 bits per heavy atom. The average Bonchev–Trinajstić information content (AvgIpc) is 2.82. The number of amides is 1. The molecule has 0 unspecified atom stereocenters. The quantitative estimate of drug-likeness (QED) is 0.608. The lowest BCUT2D eigenvalue weighted by Crippen LogP contribution is -2.67. The van der Waals surface area contributed by atoms with Gasteiger partial charge in [0.15, 0.2) is 12.6 Å². The van der Waals surface area contributed by atoms with Crippen molar-refractivity contribution in [3.8, 4) is 0 Å². The number of fused-ring (bicyclic) bond motifs is 1. The number of rotatable bonds is 8. The SMILES string of the molecule is CSCO[C@H]1[C@H](NC(C)=O)[C@@H](OCc2ccccc2)O[C@@H]2CO[C@H](c3ccccc3)O[C@H]12. The van der Waals surface area contributed by atoms with Crippen molar-refractivity contribution in [2.75, 3.05) is 18.8 Å². The first-order valence-electron chi connectivity index (χ1n) is 10.7. The van der Waals surface area contributed by atoms with Gasteiger partial charge in [-0.2, -0.15) is 0 Å². The van der Waals surface area contributed by atoms with Crippen molar-refractivity contribution in [1.29, 1.82) is 0 Å². The van der Waals surface area contributed by atoms with E-state index in [0.717, 1.165) is 11.1 Å². The van der Waals surface area contributed by atoms with Gasteiger partial charge in [-0.15, -0.1) is 11.8 Å². The molecular formula is C24H29NO6S. The molecule has 2 aliphatic heterocycles. The lowest BCUT2D eigenvalue weighted by molar-refractivity contribution is -0.348. The number of thioether (sulfide) groups is 1. The monoisotopic (exact) mass is 459 g/mol. The third-order valence-corrected chi connectivity index (χ3v) is 5.79. The van der Waals surface area contributed by atoms with E-state index in [1.165, 1.54) is 6.92 Å². The Kier molecular flexibility index (Phi) is 8.18. The molecule has 2 heterocycles. The summed E-state index contributed by atoms with van der Waals surface area (Å²) in [5, 5.41) is 2.97. The zero-order chi connectivity index (χ0) is 22.3. The number of hydrogen-bond acceptors (Lipinski definition) is 7. The van der Waals surface area contributed by atoms with Crippen molar-refractivity contribution < 1.29 is 28.5 Å². The van der Waals surface area contributed by atoms with Crippen molar-refractivity contribution >= 4 is 17.7 Å². The molecule has 0 radical (unpaired) electrons. The lowest BCUT2D eigenvalue weighted by Gasteiger charge is -2.49. The molecule has 4 rings (SSSR count). The van der Waals surface area contributed by atoms with Crippen molar-refractivity contribution in [1.82, 2.24) is 5.32 Å². The van der Waals surface area contributed by atoms with Gasteiger partial charge < -0.3 is 29.0 Å². The number of benzene rings is 2. The standard InChI is InChI=1S/C24H29NO6S/c1-16(26)25-20-22(29-15-32-2)21-19(14-28-23(31-21)18-11-7-4-8-12-18)30-24(20)27-13-17-9-5-3-6-10-17/h3-12,19-24H,13-15H2,1-2H3,(H,25,26)/t19-,20+,21+,22+,23+,24+/m1/s1. The van der Waals surface area contributed by atoms with E-state index in [9.17, 15) is 4.79 Å². The molecule has 7 nitrogen and oxygen atoms in total. The molecule has 8 heteroatoms. The summed E-state index contributed by atoms with van der Waals surface area (Å²) in [6.45, 7) is 2.16. The molecule has 2 saturated heterocycles. The first-order valence-corrected chi connectivity index (χ1v) is 12.1. The van der Waals surface area contributed by atoms with E-state index >= 15 is 0 Å². The van der Waals surface area contributed by atoms with E-state index in [4.69, 9.17) is 23.7 Å². The Morgan fingerprint density at radius 1 is 1.06 bits per heavy atom. The summed E-state index contributed by atoms with van der Waals surface area (Å²) in [6.07, 6.45) is -0.525. The first-order chi connectivity index (χ1) is 15.7. The van der Waals surface area contributed by atoms with Gasteiger partial charge in [-0.3, -0.25) is 4.79 Å². The molecule has 1 N–H and O–H groups in total. The van der Waals surface area contributed by atoms with Crippen LogP contribution >= 0.6 is 11.8 Å². The van der Waals surface area contributed by atoms with E-state index in [2.05, 4.69) is 5.32 Å². The van der Waals surface area contributed by atoms with Crippen molar-refractivity contribution in [3.05, 3.63) is 71.8 Å². The normalized spacial score (nSPS) is 29.8. The van der Waals surface area contributed by atoms with Gasteiger partial charge in [-0.25, -0.2) is 0 Å². The van der Waals surface area contributed by atoms with Gasteiger partial charge in [0.05, 0.1) is 19.2 Å². The van der Waals surface area contributed by atoms with Gasteiger partial charge in [0.2, 0.25) is 5.91 Å². The number of ether oxygens (including phenoxy) is 5. The fraction of sp³-hybridized carbons (Fsp3) is 0.458. The van der Waals surface area contributed by atoms with Crippen LogP contribution in [-0.2, 0) is 35.1 Å². The van der Waals surface area contributed by atoms with Crippen LogP contribution in [0.2, 0.25) is 0 Å². The first kappa shape index (κ1) is 23.2. The molecule has 0 saturated carbocycles. The minimum Gasteiger partial charge on any atom is -0.362 e. The molecule has 172 valence electrons. The minimum absolute atomic E-state index is 0.185. The molecule has 32 heavy (non-hydrogen) atoms. The van der Waals surface area contributed by atoms with Crippen LogP contribution in [0, 0.1) is 0 Å². The number of carbonyl (C=O) groups excluding carboxylic acids is 1. The van der Waals surface area contributed by atoms with Crippen molar-refractivity contribution in [2.24, 2.45) is 0 Å². The third-order valence-electron chi connectivity index (χ3n) is 5.42. The molecule has 6 atom stereocenters. The highest BCUT2D eigenvalue weighted by atomic mass is 32.2. The smallest absolute Gasteiger partial charge is 0.217 e. The third kappa shape index (κ3) is 5.70. The maximum absolute atomic E-state index is 12.0. The highest BCUT2D eigenvalue weighted by molar-refractivity contribution is 7.98. The van der Waals surface area contributed by atoms with E-state index in [-0.39, 0.29) is 12.0 Å². The molecular weight excluding hydrogens is 430 g/mol. The minimum atomic E-state index is -0.701. The van der Waals surface area contributed by atoms with Gasteiger partial charge in [0, 0.05) is 12.5 Å². The van der Waals surface area contributed by atoms with E-state index in [1.54, 1.807) is 11.8 Å². The van der Waals surface area contributed by atoms with Crippen molar-refractivity contribution in [3.63, 3.8) is 0 Å². The summed E-state index contributed by atoms with van der Waals surface area (Å²) in [4.78, 5) is 12.0. The number of hydrogen-bond donors (Lipinski definition) is 1. The molecule has 2 aromatic carbocycles. The maximum Gasteiger partial charge on any atom is 0.217 e. The highest BCUT2D eigenvalue weighted by Crippen LogP contribution is 2.36. The molecule has 1 amide bonds. The average molecular weight is 460 g/mol. The topological polar surface area (TPSA) is 75.3 Å². The van der Waals surface area contributed by atoms with Crippen LogP contribution in [0.5, 0.6) is 0 Å². The summed E-state index contributed by atoms with van der Waals surface area (Å²) < 4.78 is 30.8. The van der Waals surface area contributed by atoms with E-state index in [0.29, 0.717) is 19.2 Å². The fourth-order valence-corrected chi connectivity index (χ4v) is 4.27. The Morgan fingerprint density at radius 3 is 2.47 bits per heavy atom. The summed E-state index contributed by atoms with van der Waals surface area (Å²) in [5.41, 5.74) is 1.94. The van der Waals surface area contributed by atoms with Gasteiger partial charge in [0.25, 0.3) is 0 Å². The number of carbonyl (C=O) groups is 1. The second kappa shape index (κ2) is 11.3. The molecule has 0 spiro atoms. The Balaban J connectivity index is 1.54. The summed E-state index contributed by atoms with van der Waals surface area (Å²) in [7, 11) is 0. The molecule has 2 fully saturated rings. The fourth-order valence-electron chi connectivity index (χ4n) is 3.98. The summed E-state index contributed by atoms with van der Waals surface area (Å²) in [6, 6.07) is 19.1. The van der Waals surface area contributed by atoms with Crippen LogP contribution in [0.1, 0.15) is 24.3 Å². The lowest BCUT2D eigenvalue weighted by atomic mass is 9.95. The zero-order valence-electron chi connectivity index (χ0n) is 18.2. The van der Waals surface area contributed by atoms with Crippen LogP contribution < -0.4 is 5.32 Å². The van der Waals surface area contributed by atoms with Crippen molar-refractivity contribution in [2.45, 2.75) is 50.5 Å². The Labute approximate surface area is 192 Å². The van der Waals surface area contributed by atoms with Gasteiger partial charge in [-0.1, -0.05) is 60.7 Å². The Bertz CT molecular complexity index is 854. The largest absolute Gasteiger partial charge is 0.362 e. The summed E-state index contributed by atoms with van der Waals surface area (Å²) in [5.74, 6) is 0.269. The van der Waals surface area contributed by atoms with Crippen LogP contribution in [0.25, 0.3) is 0 Å². The highest BCUT2D eigenvalue weighted by Gasteiger charge is 2.51. The molecule has 2 aliphatic rings. The molecule has 0 aliphatic carbocycles. The molecule has 0 aromatic heterocycles. The second-order valence-corrected chi connectivity index (χ2v) is 8.59. The van der Waals surface area contributed by atoms with Gasteiger partial charge in [0.1, 0.15) is 24.4 Å². The van der Waals surface area contributed by atoms with E-state index < -0.39 is 30.8 Å². The second-order valence-electron chi connectivity index (χ2n) is 7.78. The maximum atomic E-state index is 12.0. The van der Waals surface area contributed by atoms with Crippen LogP contribution in [0.3, 0.4) is 0 Å². The van der Waals surface area contributed by atoms with Gasteiger partial charge in [-0.05, 0) is 11.8 Å². The number of nitrogens with one attached hydrogen (secondary N) is 1. The molecule has 0 bridgehead atoms. The van der Waals surface area contributed by atoms with Gasteiger partial charge >= 0.3 is 0 Å². The summed E-state index contributed by atoms with van der Waals surface area (Å²) >= 11 is 1.56. The predicted molar refractivity (Wildman–Crippen MR) is 121 cm³/mol. The molecule has 2 aromatic rings. The zero-order valence-corrected chi connectivity index (χ0v) is 19.0. The van der Waals surface area contributed by atoms with E-state index in [1.807, 2.05) is 66.9 Å². The van der Waals surface area contributed by atoms with Crippen LogP contribution in [0.4, 0.5) is 0 Å². The Hall–Kier alpha value is -1.94. The van der Waals surface area contributed by atoms with Crippen LogP contribution in [0.15, 0.2) is 60.7 Å².